The quantitative estimate of drug-likeness (QED) is 0.825. The Morgan fingerprint density at radius 3 is 2.35 bits per heavy atom. The van der Waals surface area contributed by atoms with E-state index in [1.165, 1.54) is 13.2 Å². The summed E-state index contributed by atoms with van der Waals surface area (Å²) in [7, 11) is 1.41. The average molecular weight is 240 g/mol. The Bertz CT molecular complexity index is 400. The summed E-state index contributed by atoms with van der Waals surface area (Å²) in [6.45, 7) is 4.51. The molecule has 0 heterocycles. The molecule has 0 aliphatic heterocycles. The van der Waals surface area contributed by atoms with Crippen molar-refractivity contribution in [1.29, 1.82) is 0 Å². The summed E-state index contributed by atoms with van der Waals surface area (Å²) in [5.74, 6) is -0.0420. The molecule has 0 bridgehead atoms. The molecule has 94 valence electrons. The molecular weight excluding hydrogens is 224 g/mol. The molecule has 0 radical (unpaired) electrons. The molecular formula is C12H16O5. The van der Waals surface area contributed by atoms with Crippen LogP contribution in [-0.4, -0.2) is 31.4 Å². The maximum Gasteiger partial charge on any atom is 0.339 e. The van der Waals surface area contributed by atoms with Crippen molar-refractivity contribution in [3.8, 4) is 17.2 Å². The van der Waals surface area contributed by atoms with Crippen molar-refractivity contribution < 1.29 is 24.1 Å². The van der Waals surface area contributed by atoms with Gasteiger partial charge in [0.1, 0.15) is 11.3 Å². The predicted molar refractivity (Wildman–Crippen MR) is 62.3 cm³/mol. The lowest BCUT2D eigenvalue weighted by molar-refractivity contribution is 0.0691. The zero-order valence-electron chi connectivity index (χ0n) is 10.1. The van der Waals surface area contributed by atoms with E-state index in [9.17, 15) is 4.79 Å². The zero-order chi connectivity index (χ0) is 12.8. The number of benzene rings is 1. The number of hydrogen-bond acceptors (Lipinski definition) is 4. The fourth-order valence-electron chi connectivity index (χ4n) is 1.46. The number of carboxylic acids is 1. The molecule has 0 atom stereocenters. The molecule has 17 heavy (non-hydrogen) atoms. The normalized spacial score (nSPS) is 9.82. The van der Waals surface area contributed by atoms with Crippen LogP contribution in [0.4, 0.5) is 0 Å². The molecule has 1 aromatic rings. The molecule has 0 aliphatic carbocycles. The Labute approximate surface area is 99.9 Å². The lowest BCUT2D eigenvalue weighted by Gasteiger charge is -2.14. The first-order chi connectivity index (χ1) is 8.13. The largest absolute Gasteiger partial charge is 0.494 e. The molecule has 0 aliphatic rings. The smallest absolute Gasteiger partial charge is 0.339 e. The number of rotatable bonds is 6. The fourth-order valence-corrected chi connectivity index (χ4v) is 1.46. The Kier molecular flexibility index (Phi) is 4.63. The summed E-state index contributed by atoms with van der Waals surface area (Å²) in [6, 6.07) is 3.05. The summed E-state index contributed by atoms with van der Waals surface area (Å²) < 4.78 is 15.7. The maximum atomic E-state index is 11.1. The first-order valence-corrected chi connectivity index (χ1v) is 5.34. The molecule has 0 saturated carbocycles. The van der Waals surface area contributed by atoms with E-state index in [1.807, 2.05) is 13.8 Å². The monoisotopic (exact) mass is 240 g/mol. The molecule has 5 nitrogen and oxygen atoms in total. The van der Waals surface area contributed by atoms with E-state index < -0.39 is 5.97 Å². The van der Waals surface area contributed by atoms with Gasteiger partial charge in [0.05, 0.1) is 20.3 Å². The van der Waals surface area contributed by atoms with Crippen molar-refractivity contribution in [3.05, 3.63) is 17.7 Å². The molecule has 0 saturated heterocycles. The minimum atomic E-state index is -1.08. The van der Waals surface area contributed by atoms with Gasteiger partial charge < -0.3 is 19.3 Å². The highest BCUT2D eigenvalue weighted by Crippen LogP contribution is 2.35. The van der Waals surface area contributed by atoms with Crippen molar-refractivity contribution in [2.75, 3.05) is 20.3 Å². The number of hydrogen-bond donors (Lipinski definition) is 1. The van der Waals surface area contributed by atoms with Crippen LogP contribution in [0.3, 0.4) is 0 Å². The Morgan fingerprint density at radius 2 is 1.88 bits per heavy atom. The van der Waals surface area contributed by atoms with Gasteiger partial charge in [0.15, 0.2) is 11.5 Å². The van der Waals surface area contributed by atoms with Crippen LogP contribution in [0.2, 0.25) is 0 Å². The van der Waals surface area contributed by atoms with Crippen molar-refractivity contribution in [1.82, 2.24) is 0 Å². The number of ether oxygens (including phenoxy) is 3. The van der Waals surface area contributed by atoms with Crippen LogP contribution in [-0.2, 0) is 0 Å². The van der Waals surface area contributed by atoms with Crippen LogP contribution in [0.1, 0.15) is 24.2 Å². The Morgan fingerprint density at radius 1 is 1.24 bits per heavy atom. The van der Waals surface area contributed by atoms with Crippen molar-refractivity contribution in [3.63, 3.8) is 0 Å². The van der Waals surface area contributed by atoms with E-state index in [4.69, 9.17) is 19.3 Å². The predicted octanol–water partition coefficient (Wildman–Crippen LogP) is 2.19. The minimum absolute atomic E-state index is 0.0295. The Balaban J connectivity index is 3.29. The molecule has 0 unspecified atom stereocenters. The van der Waals surface area contributed by atoms with Gasteiger partial charge in [-0.25, -0.2) is 4.79 Å². The third-order valence-electron chi connectivity index (χ3n) is 2.07. The van der Waals surface area contributed by atoms with Gasteiger partial charge in [0.25, 0.3) is 0 Å². The lowest BCUT2D eigenvalue weighted by atomic mass is 10.1. The van der Waals surface area contributed by atoms with Crippen LogP contribution < -0.4 is 14.2 Å². The second kappa shape index (κ2) is 5.98. The van der Waals surface area contributed by atoms with Gasteiger partial charge in [0, 0.05) is 6.07 Å². The van der Waals surface area contributed by atoms with Gasteiger partial charge >= 0.3 is 5.97 Å². The average Bonchev–Trinajstić information content (AvgIpc) is 2.29. The van der Waals surface area contributed by atoms with Crippen molar-refractivity contribution in [2.24, 2.45) is 0 Å². The van der Waals surface area contributed by atoms with Crippen LogP contribution in [0.15, 0.2) is 12.1 Å². The number of aromatic carboxylic acids is 1. The molecule has 0 amide bonds. The first kappa shape index (κ1) is 13.2. The number of methoxy groups -OCH3 is 1. The van der Waals surface area contributed by atoms with E-state index in [1.54, 1.807) is 6.07 Å². The summed E-state index contributed by atoms with van der Waals surface area (Å²) in [5, 5.41) is 9.09. The molecule has 0 spiro atoms. The highest BCUT2D eigenvalue weighted by atomic mass is 16.5. The molecule has 1 N–H and O–H groups in total. The summed E-state index contributed by atoms with van der Waals surface area (Å²) in [6.07, 6.45) is 0. The van der Waals surface area contributed by atoms with Crippen molar-refractivity contribution >= 4 is 5.97 Å². The SMILES string of the molecule is CCOc1cc(OCC)c(OC)c(C(=O)O)c1. The maximum absolute atomic E-state index is 11.1. The Hall–Kier alpha value is -1.91. The topological polar surface area (TPSA) is 65.0 Å². The first-order valence-electron chi connectivity index (χ1n) is 5.34. The third-order valence-corrected chi connectivity index (χ3v) is 2.07. The fraction of sp³-hybridized carbons (Fsp3) is 0.417. The second-order valence-electron chi connectivity index (χ2n) is 3.17. The van der Waals surface area contributed by atoms with Gasteiger partial charge in [-0.05, 0) is 19.9 Å². The lowest BCUT2D eigenvalue weighted by Crippen LogP contribution is -2.05. The van der Waals surface area contributed by atoms with Crippen molar-refractivity contribution in [2.45, 2.75) is 13.8 Å². The van der Waals surface area contributed by atoms with Gasteiger partial charge in [0.2, 0.25) is 0 Å². The molecule has 1 aromatic carbocycles. The third kappa shape index (κ3) is 3.03. The van der Waals surface area contributed by atoms with E-state index in [2.05, 4.69) is 0 Å². The van der Waals surface area contributed by atoms with E-state index in [0.29, 0.717) is 24.7 Å². The van der Waals surface area contributed by atoms with Crippen LogP contribution in [0.5, 0.6) is 17.2 Å². The molecule has 5 heteroatoms. The highest BCUT2D eigenvalue weighted by Gasteiger charge is 2.18. The summed E-state index contributed by atoms with van der Waals surface area (Å²) in [5.41, 5.74) is 0.0295. The van der Waals surface area contributed by atoms with E-state index >= 15 is 0 Å². The molecule has 0 aromatic heterocycles. The number of carboxylic acid groups (broad SMARTS) is 1. The molecule has 0 fully saturated rings. The van der Waals surface area contributed by atoms with Gasteiger partial charge in [-0.3, -0.25) is 0 Å². The minimum Gasteiger partial charge on any atom is -0.494 e. The van der Waals surface area contributed by atoms with Crippen LogP contribution in [0, 0.1) is 0 Å². The van der Waals surface area contributed by atoms with Gasteiger partial charge in [-0.2, -0.15) is 0 Å². The van der Waals surface area contributed by atoms with E-state index in [-0.39, 0.29) is 11.3 Å². The standard InChI is InChI=1S/C12H16O5/c1-4-16-8-6-9(12(13)14)11(15-3)10(7-8)17-5-2/h6-7H,4-5H2,1-3H3,(H,13,14). The van der Waals surface area contributed by atoms with Gasteiger partial charge in [-0.15, -0.1) is 0 Å². The van der Waals surface area contributed by atoms with Crippen LogP contribution >= 0.6 is 0 Å². The van der Waals surface area contributed by atoms with E-state index in [0.717, 1.165) is 0 Å². The summed E-state index contributed by atoms with van der Waals surface area (Å²) in [4.78, 5) is 11.1. The van der Waals surface area contributed by atoms with Gasteiger partial charge in [-0.1, -0.05) is 0 Å². The number of carbonyl (C=O) groups is 1. The zero-order valence-corrected chi connectivity index (χ0v) is 10.1. The second-order valence-corrected chi connectivity index (χ2v) is 3.17. The van der Waals surface area contributed by atoms with Crippen LogP contribution in [0.25, 0.3) is 0 Å². The summed E-state index contributed by atoms with van der Waals surface area (Å²) >= 11 is 0. The highest BCUT2D eigenvalue weighted by molar-refractivity contribution is 5.92. The molecule has 1 rings (SSSR count).